The molecule has 1 aromatic heterocycles. The fourth-order valence-electron chi connectivity index (χ4n) is 2.25. The molecule has 0 fully saturated rings. The molecule has 0 aliphatic heterocycles. The van der Waals surface area contributed by atoms with Gasteiger partial charge in [-0.05, 0) is 35.6 Å². The van der Waals surface area contributed by atoms with Gasteiger partial charge in [0.05, 0.1) is 11.2 Å². The molecule has 0 amide bonds. The van der Waals surface area contributed by atoms with Crippen LogP contribution in [0.2, 0.25) is 0 Å². The maximum absolute atomic E-state index is 5.66. The van der Waals surface area contributed by atoms with Crippen molar-refractivity contribution >= 4 is 16.6 Å². The van der Waals surface area contributed by atoms with Crippen molar-refractivity contribution in [1.29, 1.82) is 0 Å². The molecular formula is C16H23N3. The first-order chi connectivity index (χ1) is 8.95. The molecule has 0 saturated carbocycles. The van der Waals surface area contributed by atoms with E-state index in [0.29, 0.717) is 0 Å². The van der Waals surface area contributed by atoms with Gasteiger partial charge in [-0.1, -0.05) is 40.2 Å². The molecule has 0 unspecified atom stereocenters. The van der Waals surface area contributed by atoms with Crippen LogP contribution in [0, 0.1) is 0 Å². The molecule has 1 heterocycles. The number of nitrogens with two attached hydrogens (primary N) is 1. The number of aromatic nitrogens is 1. The standard InChI is InChI=1S/C16H23N3/c1-5-6-12-10-15(19-17)13-9-11(16(2,3)4)7-8-14(13)18-12/h7-10H,5-6,17H2,1-4H3,(H,18,19). The molecule has 19 heavy (non-hydrogen) atoms. The van der Waals surface area contributed by atoms with E-state index in [4.69, 9.17) is 10.8 Å². The Hall–Kier alpha value is -1.61. The van der Waals surface area contributed by atoms with Crippen LogP contribution in [-0.4, -0.2) is 4.98 Å². The molecule has 1 aromatic carbocycles. The fraction of sp³-hybridized carbons (Fsp3) is 0.438. The predicted molar refractivity (Wildman–Crippen MR) is 82.2 cm³/mol. The van der Waals surface area contributed by atoms with Gasteiger partial charge in [0, 0.05) is 11.1 Å². The van der Waals surface area contributed by atoms with Gasteiger partial charge in [0.2, 0.25) is 0 Å². The highest BCUT2D eigenvalue weighted by atomic mass is 15.2. The maximum atomic E-state index is 5.66. The predicted octanol–water partition coefficient (Wildman–Crippen LogP) is 3.77. The number of benzene rings is 1. The highest BCUT2D eigenvalue weighted by Crippen LogP contribution is 2.29. The Kier molecular flexibility index (Phi) is 3.76. The lowest BCUT2D eigenvalue weighted by Crippen LogP contribution is -2.12. The lowest BCUT2D eigenvalue weighted by Gasteiger charge is -2.20. The quantitative estimate of drug-likeness (QED) is 0.650. The van der Waals surface area contributed by atoms with E-state index in [1.54, 1.807) is 0 Å². The molecule has 3 N–H and O–H groups in total. The minimum atomic E-state index is 0.127. The molecule has 102 valence electrons. The number of hydrogen-bond donors (Lipinski definition) is 2. The van der Waals surface area contributed by atoms with Crippen molar-refractivity contribution in [2.75, 3.05) is 5.43 Å². The van der Waals surface area contributed by atoms with Crippen LogP contribution in [0.25, 0.3) is 10.9 Å². The number of aryl methyl sites for hydroxylation is 1. The maximum Gasteiger partial charge on any atom is 0.0726 e. The van der Waals surface area contributed by atoms with E-state index < -0.39 is 0 Å². The van der Waals surface area contributed by atoms with Crippen molar-refractivity contribution in [3.05, 3.63) is 35.5 Å². The van der Waals surface area contributed by atoms with Crippen LogP contribution in [0.15, 0.2) is 24.3 Å². The van der Waals surface area contributed by atoms with E-state index >= 15 is 0 Å². The number of nitrogens with one attached hydrogen (secondary N) is 1. The summed E-state index contributed by atoms with van der Waals surface area (Å²) in [5, 5.41) is 1.09. The van der Waals surface area contributed by atoms with Gasteiger partial charge in [-0.2, -0.15) is 0 Å². The highest BCUT2D eigenvalue weighted by Gasteiger charge is 2.15. The number of hydrogen-bond acceptors (Lipinski definition) is 3. The topological polar surface area (TPSA) is 50.9 Å². The Balaban J connectivity index is 2.62. The van der Waals surface area contributed by atoms with Gasteiger partial charge in [0.1, 0.15) is 0 Å². The van der Waals surface area contributed by atoms with Crippen LogP contribution in [0.1, 0.15) is 45.4 Å². The Bertz CT molecular complexity index is 582. The van der Waals surface area contributed by atoms with E-state index in [1.165, 1.54) is 5.56 Å². The third kappa shape index (κ3) is 2.87. The van der Waals surface area contributed by atoms with Crippen LogP contribution >= 0.6 is 0 Å². The number of pyridine rings is 1. The Morgan fingerprint density at radius 1 is 1.21 bits per heavy atom. The second-order valence-corrected chi connectivity index (χ2v) is 6.04. The molecule has 0 aliphatic carbocycles. The smallest absolute Gasteiger partial charge is 0.0726 e. The first-order valence-corrected chi connectivity index (χ1v) is 6.86. The molecule has 0 atom stereocenters. The molecule has 0 aliphatic rings. The Morgan fingerprint density at radius 2 is 1.95 bits per heavy atom. The Morgan fingerprint density at radius 3 is 2.53 bits per heavy atom. The second-order valence-electron chi connectivity index (χ2n) is 6.04. The third-order valence-corrected chi connectivity index (χ3v) is 3.39. The van der Waals surface area contributed by atoms with Crippen molar-refractivity contribution in [1.82, 2.24) is 4.98 Å². The molecule has 3 heteroatoms. The SMILES string of the molecule is CCCc1cc(NN)c2cc(C(C)(C)C)ccc2n1. The minimum absolute atomic E-state index is 0.127. The van der Waals surface area contributed by atoms with Crippen LogP contribution in [0.4, 0.5) is 5.69 Å². The van der Waals surface area contributed by atoms with Crippen LogP contribution in [-0.2, 0) is 11.8 Å². The van der Waals surface area contributed by atoms with Gasteiger partial charge in [0.15, 0.2) is 0 Å². The van der Waals surface area contributed by atoms with E-state index in [9.17, 15) is 0 Å². The fourth-order valence-corrected chi connectivity index (χ4v) is 2.25. The summed E-state index contributed by atoms with van der Waals surface area (Å²) in [6.07, 6.45) is 2.06. The number of nitrogens with zero attached hydrogens (tertiary/aromatic N) is 1. The number of anilines is 1. The summed E-state index contributed by atoms with van der Waals surface area (Å²) in [4.78, 5) is 4.70. The van der Waals surface area contributed by atoms with E-state index in [1.807, 2.05) is 0 Å². The van der Waals surface area contributed by atoms with Crippen LogP contribution < -0.4 is 11.3 Å². The van der Waals surface area contributed by atoms with Crippen LogP contribution in [0.5, 0.6) is 0 Å². The summed E-state index contributed by atoms with van der Waals surface area (Å²) in [7, 11) is 0. The van der Waals surface area contributed by atoms with Crippen molar-refractivity contribution in [2.45, 2.75) is 46.0 Å². The third-order valence-electron chi connectivity index (χ3n) is 3.39. The zero-order chi connectivity index (χ0) is 14.0. The zero-order valence-electron chi connectivity index (χ0n) is 12.2. The van der Waals surface area contributed by atoms with Gasteiger partial charge in [0.25, 0.3) is 0 Å². The van der Waals surface area contributed by atoms with Gasteiger partial charge >= 0.3 is 0 Å². The molecule has 2 rings (SSSR count). The van der Waals surface area contributed by atoms with E-state index in [2.05, 4.69) is 57.4 Å². The number of rotatable bonds is 3. The van der Waals surface area contributed by atoms with Crippen molar-refractivity contribution in [3.63, 3.8) is 0 Å². The molecule has 0 radical (unpaired) electrons. The average Bonchev–Trinajstić information content (AvgIpc) is 2.36. The van der Waals surface area contributed by atoms with Crippen molar-refractivity contribution in [2.24, 2.45) is 5.84 Å². The lowest BCUT2D eigenvalue weighted by molar-refractivity contribution is 0.591. The molecule has 0 spiro atoms. The summed E-state index contributed by atoms with van der Waals surface area (Å²) in [5.41, 5.74) is 7.28. The molecule has 2 aromatic rings. The van der Waals surface area contributed by atoms with Crippen molar-refractivity contribution in [3.8, 4) is 0 Å². The highest BCUT2D eigenvalue weighted by molar-refractivity contribution is 5.92. The monoisotopic (exact) mass is 257 g/mol. The summed E-state index contributed by atoms with van der Waals surface area (Å²) in [6, 6.07) is 8.49. The number of nitrogen functional groups attached to an aromatic ring is 1. The molecule has 0 bridgehead atoms. The Labute approximate surface area is 115 Å². The lowest BCUT2D eigenvalue weighted by atomic mass is 9.86. The summed E-state index contributed by atoms with van der Waals surface area (Å²) in [6.45, 7) is 8.79. The van der Waals surface area contributed by atoms with Gasteiger partial charge < -0.3 is 5.43 Å². The van der Waals surface area contributed by atoms with Crippen LogP contribution in [0.3, 0.4) is 0 Å². The minimum Gasteiger partial charge on any atom is -0.323 e. The van der Waals surface area contributed by atoms with Gasteiger partial charge in [-0.25, -0.2) is 0 Å². The zero-order valence-corrected chi connectivity index (χ0v) is 12.2. The van der Waals surface area contributed by atoms with Gasteiger partial charge in [-0.3, -0.25) is 10.8 Å². The van der Waals surface area contributed by atoms with Gasteiger partial charge in [-0.15, -0.1) is 0 Å². The molecular weight excluding hydrogens is 234 g/mol. The van der Waals surface area contributed by atoms with E-state index in [0.717, 1.165) is 35.1 Å². The summed E-state index contributed by atoms with van der Waals surface area (Å²) >= 11 is 0. The number of hydrazine groups is 1. The number of fused-ring (bicyclic) bond motifs is 1. The summed E-state index contributed by atoms with van der Waals surface area (Å²) in [5.74, 6) is 5.66. The average molecular weight is 257 g/mol. The normalized spacial score (nSPS) is 11.8. The second kappa shape index (κ2) is 5.17. The molecule has 3 nitrogen and oxygen atoms in total. The first-order valence-electron chi connectivity index (χ1n) is 6.86. The molecule has 0 saturated heterocycles. The van der Waals surface area contributed by atoms with E-state index in [-0.39, 0.29) is 5.41 Å². The first kappa shape index (κ1) is 13.8. The summed E-state index contributed by atoms with van der Waals surface area (Å²) < 4.78 is 0. The largest absolute Gasteiger partial charge is 0.323 e. The van der Waals surface area contributed by atoms with Crippen molar-refractivity contribution < 1.29 is 0 Å².